The van der Waals surface area contributed by atoms with Gasteiger partial charge < -0.3 is 4.90 Å². The normalized spacial score (nSPS) is 11.2. The van der Waals surface area contributed by atoms with Crippen molar-refractivity contribution in [2.45, 2.75) is 39.1 Å². The van der Waals surface area contributed by atoms with Gasteiger partial charge in [0.25, 0.3) is 10.0 Å². The Kier molecular flexibility index (Phi) is 7.30. The molecule has 0 atom stereocenters. The van der Waals surface area contributed by atoms with E-state index < -0.39 is 10.0 Å². The van der Waals surface area contributed by atoms with Crippen molar-refractivity contribution in [3.8, 4) is 0 Å². The first-order valence-corrected chi connectivity index (χ1v) is 12.0. The van der Waals surface area contributed by atoms with Gasteiger partial charge in [0.05, 0.1) is 22.8 Å². The maximum Gasteiger partial charge on any atom is 0.265 e. The van der Waals surface area contributed by atoms with E-state index in [0.29, 0.717) is 24.3 Å². The van der Waals surface area contributed by atoms with Gasteiger partial charge in [0.2, 0.25) is 5.91 Å². The average molecular weight is 452 g/mol. The lowest BCUT2D eigenvalue weighted by Crippen LogP contribution is -2.43. The van der Waals surface area contributed by atoms with Crippen molar-refractivity contribution in [2.75, 3.05) is 17.4 Å². The summed E-state index contributed by atoms with van der Waals surface area (Å²) in [5.41, 5.74) is 3.73. The predicted octanol–water partition coefficient (Wildman–Crippen LogP) is 4.25. The zero-order valence-electron chi connectivity index (χ0n) is 18.9. The number of benzene rings is 2. The molecule has 0 unspecified atom stereocenters. The summed E-state index contributed by atoms with van der Waals surface area (Å²) >= 11 is 0. The van der Waals surface area contributed by atoms with Gasteiger partial charge in [-0.3, -0.25) is 14.1 Å². The van der Waals surface area contributed by atoms with E-state index in [1.165, 1.54) is 4.31 Å². The molecule has 0 aliphatic rings. The van der Waals surface area contributed by atoms with Crippen LogP contribution in [0.15, 0.2) is 71.6 Å². The minimum Gasteiger partial charge on any atom is -0.336 e. The molecule has 3 rings (SSSR count). The van der Waals surface area contributed by atoms with Crippen LogP contribution in [0.3, 0.4) is 0 Å². The molecule has 1 heterocycles. The molecular weight excluding hydrogens is 422 g/mol. The number of carbonyl (C=O) groups is 1. The molecule has 0 bridgehead atoms. The molecule has 0 fully saturated rings. The van der Waals surface area contributed by atoms with Crippen molar-refractivity contribution in [3.63, 3.8) is 0 Å². The molecule has 0 aliphatic heterocycles. The van der Waals surface area contributed by atoms with Crippen LogP contribution < -0.4 is 4.31 Å². The van der Waals surface area contributed by atoms with Crippen LogP contribution in [-0.4, -0.2) is 37.3 Å². The standard InChI is InChI=1S/C25H29N3O3S/c1-5-27(17-22-11-8-10-21(4)26-22)25(29)18-28(23-15-13-19(2)14-16-23)32(30,31)24-12-7-6-9-20(24)3/h6-16H,5,17-18H2,1-4H3. The number of hydrogen-bond acceptors (Lipinski definition) is 4. The third kappa shape index (κ3) is 5.34. The van der Waals surface area contributed by atoms with Gasteiger partial charge in [-0.25, -0.2) is 8.42 Å². The Morgan fingerprint density at radius 2 is 1.59 bits per heavy atom. The average Bonchev–Trinajstić information content (AvgIpc) is 2.76. The van der Waals surface area contributed by atoms with Gasteiger partial charge in [0.15, 0.2) is 0 Å². The van der Waals surface area contributed by atoms with E-state index in [0.717, 1.165) is 17.0 Å². The molecule has 168 valence electrons. The van der Waals surface area contributed by atoms with Crippen LogP contribution in [0.1, 0.15) is 29.4 Å². The minimum absolute atomic E-state index is 0.191. The highest BCUT2D eigenvalue weighted by molar-refractivity contribution is 7.93. The van der Waals surface area contributed by atoms with Crippen molar-refractivity contribution in [1.82, 2.24) is 9.88 Å². The molecule has 0 saturated heterocycles. The van der Waals surface area contributed by atoms with Crippen LogP contribution in [0.25, 0.3) is 0 Å². The van der Waals surface area contributed by atoms with Gasteiger partial charge in [0.1, 0.15) is 6.54 Å². The Bertz CT molecular complexity index is 1190. The molecule has 0 N–H and O–H groups in total. The number of aryl methyl sites for hydroxylation is 3. The number of nitrogens with zero attached hydrogens (tertiary/aromatic N) is 3. The lowest BCUT2D eigenvalue weighted by molar-refractivity contribution is -0.130. The van der Waals surface area contributed by atoms with Crippen molar-refractivity contribution in [2.24, 2.45) is 0 Å². The molecule has 0 saturated carbocycles. The summed E-state index contributed by atoms with van der Waals surface area (Å²) in [6, 6.07) is 19.6. The third-order valence-corrected chi connectivity index (χ3v) is 7.23. The molecule has 0 radical (unpaired) electrons. The van der Waals surface area contributed by atoms with Crippen LogP contribution in [0.4, 0.5) is 5.69 Å². The maximum absolute atomic E-state index is 13.6. The number of aromatic nitrogens is 1. The van der Waals surface area contributed by atoms with E-state index in [4.69, 9.17) is 0 Å². The van der Waals surface area contributed by atoms with Gasteiger partial charge in [-0.2, -0.15) is 0 Å². The predicted molar refractivity (Wildman–Crippen MR) is 127 cm³/mol. The lowest BCUT2D eigenvalue weighted by atomic mass is 10.2. The molecule has 3 aromatic rings. The zero-order valence-corrected chi connectivity index (χ0v) is 19.8. The van der Waals surface area contributed by atoms with Crippen LogP contribution >= 0.6 is 0 Å². The van der Waals surface area contributed by atoms with Crippen molar-refractivity contribution in [1.29, 1.82) is 0 Å². The maximum atomic E-state index is 13.6. The number of likely N-dealkylation sites (N-methyl/N-ethyl adjacent to an activating group) is 1. The van der Waals surface area contributed by atoms with Gasteiger partial charge in [-0.1, -0.05) is 42.0 Å². The highest BCUT2D eigenvalue weighted by Crippen LogP contribution is 2.26. The largest absolute Gasteiger partial charge is 0.336 e. The first kappa shape index (κ1) is 23.5. The summed E-state index contributed by atoms with van der Waals surface area (Å²) in [6.07, 6.45) is 0. The molecule has 32 heavy (non-hydrogen) atoms. The van der Waals surface area contributed by atoms with Gasteiger partial charge in [-0.15, -0.1) is 0 Å². The summed E-state index contributed by atoms with van der Waals surface area (Å²) in [5, 5.41) is 0. The topological polar surface area (TPSA) is 70.6 Å². The van der Waals surface area contributed by atoms with Crippen LogP contribution in [0, 0.1) is 20.8 Å². The number of amides is 1. The summed E-state index contributed by atoms with van der Waals surface area (Å²) in [4.78, 5) is 19.6. The van der Waals surface area contributed by atoms with Crippen molar-refractivity contribution >= 4 is 21.6 Å². The highest BCUT2D eigenvalue weighted by atomic mass is 32.2. The summed E-state index contributed by atoms with van der Waals surface area (Å²) in [7, 11) is -3.94. The molecule has 6 nitrogen and oxygen atoms in total. The fourth-order valence-corrected chi connectivity index (χ4v) is 5.12. The van der Waals surface area contributed by atoms with Crippen molar-refractivity contribution < 1.29 is 13.2 Å². The fourth-order valence-electron chi connectivity index (χ4n) is 3.47. The second-order valence-corrected chi connectivity index (χ2v) is 9.62. The zero-order chi connectivity index (χ0) is 23.3. The van der Waals surface area contributed by atoms with Crippen molar-refractivity contribution in [3.05, 3.63) is 89.2 Å². The van der Waals surface area contributed by atoms with Crippen LogP contribution in [-0.2, 0) is 21.4 Å². The third-order valence-electron chi connectivity index (χ3n) is 5.30. The number of pyridine rings is 1. The smallest absolute Gasteiger partial charge is 0.265 e. The minimum atomic E-state index is -3.94. The molecule has 1 amide bonds. The van der Waals surface area contributed by atoms with E-state index in [1.54, 1.807) is 48.2 Å². The van der Waals surface area contributed by atoms with Gasteiger partial charge >= 0.3 is 0 Å². The number of hydrogen-bond donors (Lipinski definition) is 0. The quantitative estimate of drug-likeness (QED) is 0.513. The van der Waals surface area contributed by atoms with E-state index in [1.807, 2.05) is 51.1 Å². The van der Waals surface area contributed by atoms with Crippen LogP contribution in [0.2, 0.25) is 0 Å². The van der Waals surface area contributed by atoms with E-state index in [9.17, 15) is 13.2 Å². The van der Waals surface area contributed by atoms with E-state index >= 15 is 0 Å². The van der Waals surface area contributed by atoms with Crippen LogP contribution in [0.5, 0.6) is 0 Å². The number of carbonyl (C=O) groups excluding carboxylic acids is 1. The van der Waals surface area contributed by atoms with E-state index in [-0.39, 0.29) is 17.3 Å². The van der Waals surface area contributed by atoms with Gasteiger partial charge in [-0.05, 0) is 63.6 Å². The lowest BCUT2D eigenvalue weighted by Gasteiger charge is -2.28. The molecule has 0 spiro atoms. The van der Waals surface area contributed by atoms with E-state index in [2.05, 4.69) is 4.98 Å². The Morgan fingerprint density at radius 3 is 2.22 bits per heavy atom. The second-order valence-electron chi connectivity index (χ2n) is 7.79. The Labute approximate surface area is 190 Å². The van der Waals surface area contributed by atoms with Gasteiger partial charge in [0, 0.05) is 12.2 Å². The molecule has 0 aliphatic carbocycles. The first-order valence-electron chi connectivity index (χ1n) is 10.6. The summed E-state index contributed by atoms with van der Waals surface area (Å²) in [6.45, 7) is 7.94. The number of rotatable bonds is 8. The molecular formula is C25H29N3O3S. The fraction of sp³-hybridized carbons (Fsp3) is 0.280. The Hall–Kier alpha value is -3.19. The molecule has 1 aromatic heterocycles. The molecule has 7 heteroatoms. The SMILES string of the molecule is CCN(Cc1cccc(C)n1)C(=O)CN(c1ccc(C)cc1)S(=O)(=O)c1ccccc1C. The Balaban J connectivity index is 1.95. The second kappa shape index (κ2) is 9.96. The number of sulfonamides is 1. The summed E-state index contributed by atoms with van der Waals surface area (Å²) in [5.74, 6) is -0.284. The first-order chi connectivity index (χ1) is 15.2. The summed E-state index contributed by atoms with van der Waals surface area (Å²) < 4.78 is 28.5. The monoisotopic (exact) mass is 451 g/mol. The Morgan fingerprint density at radius 1 is 0.906 bits per heavy atom. The number of anilines is 1. The highest BCUT2D eigenvalue weighted by Gasteiger charge is 2.29. The molecule has 2 aromatic carbocycles.